The molecule has 0 bridgehead atoms. The Morgan fingerprint density at radius 1 is 0.868 bits per heavy atom. The van der Waals surface area contributed by atoms with Crippen LogP contribution in [0.3, 0.4) is 0 Å². The van der Waals surface area contributed by atoms with Crippen molar-refractivity contribution in [2.45, 2.75) is 11.1 Å². The number of sulfonamides is 1. The van der Waals surface area contributed by atoms with Gasteiger partial charge in [-0.2, -0.15) is 13.2 Å². The van der Waals surface area contributed by atoms with Crippen molar-refractivity contribution in [2.24, 2.45) is 0 Å². The summed E-state index contributed by atoms with van der Waals surface area (Å²) in [5, 5.41) is 4.04. The molecule has 0 aliphatic heterocycles. The number of hydrogen-bond donors (Lipinski definition) is 1. The van der Waals surface area contributed by atoms with E-state index in [9.17, 15) is 26.4 Å². The molecule has 0 spiro atoms. The van der Waals surface area contributed by atoms with Crippen LogP contribution in [0.1, 0.15) is 5.56 Å². The third-order valence-electron chi connectivity index (χ3n) is 5.82. The predicted molar refractivity (Wildman–Crippen MR) is 140 cm³/mol. The van der Waals surface area contributed by atoms with Crippen molar-refractivity contribution in [2.75, 3.05) is 16.2 Å². The lowest BCUT2D eigenvalue weighted by molar-refractivity contribution is -0.137. The highest BCUT2D eigenvalue weighted by Crippen LogP contribution is 2.37. The summed E-state index contributed by atoms with van der Waals surface area (Å²) in [6.07, 6.45) is -4.76. The summed E-state index contributed by atoms with van der Waals surface area (Å²) in [5.41, 5.74) is -0.119. The Balaban J connectivity index is 1.51. The van der Waals surface area contributed by atoms with E-state index in [1.165, 1.54) is 24.3 Å². The minimum absolute atomic E-state index is 0.218. The van der Waals surface area contributed by atoms with Gasteiger partial charge in [-0.25, -0.2) is 8.42 Å². The van der Waals surface area contributed by atoms with Crippen molar-refractivity contribution in [1.82, 2.24) is 0 Å². The Morgan fingerprint density at radius 3 is 2.29 bits per heavy atom. The number of furan rings is 1. The lowest BCUT2D eigenvalue weighted by atomic mass is 10.1. The molecule has 1 amide bonds. The highest BCUT2D eigenvalue weighted by atomic mass is 35.5. The number of halogens is 4. The minimum atomic E-state index is -4.76. The molecule has 5 rings (SSSR count). The molecule has 6 nitrogen and oxygen atoms in total. The van der Waals surface area contributed by atoms with Crippen LogP contribution in [0.15, 0.2) is 100 Å². The van der Waals surface area contributed by atoms with E-state index in [0.717, 1.165) is 22.9 Å². The van der Waals surface area contributed by atoms with Crippen molar-refractivity contribution in [1.29, 1.82) is 0 Å². The number of carbonyl (C=O) groups excluding carboxylic acids is 1. The van der Waals surface area contributed by atoms with Crippen LogP contribution in [-0.2, 0) is 21.0 Å². The maximum absolute atomic E-state index is 13.5. The fourth-order valence-electron chi connectivity index (χ4n) is 4.03. The van der Waals surface area contributed by atoms with Crippen molar-refractivity contribution in [3.8, 4) is 0 Å². The summed E-state index contributed by atoms with van der Waals surface area (Å²) in [6, 6.07) is 21.7. The number of fused-ring (bicyclic) bond motifs is 3. The van der Waals surface area contributed by atoms with Gasteiger partial charge in [-0.3, -0.25) is 9.10 Å². The maximum Gasteiger partial charge on any atom is 0.416 e. The number of anilines is 2. The molecular weight excluding hydrogens is 541 g/mol. The molecule has 0 aliphatic rings. The number of carbonyl (C=O) groups is 1. The monoisotopic (exact) mass is 558 g/mol. The van der Waals surface area contributed by atoms with E-state index in [-0.39, 0.29) is 9.92 Å². The highest BCUT2D eigenvalue weighted by molar-refractivity contribution is 7.92. The molecule has 11 heteroatoms. The van der Waals surface area contributed by atoms with Gasteiger partial charge < -0.3 is 9.73 Å². The van der Waals surface area contributed by atoms with Crippen molar-refractivity contribution in [3.63, 3.8) is 0 Å². The fraction of sp³-hybridized carbons (Fsp3) is 0.0741. The lowest BCUT2D eigenvalue weighted by Gasteiger charge is -2.25. The summed E-state index contributed by atoms with van der Waals surface area (Å²) in [5.74, 6) is -0.798. The van der Waals surface area contributed by atoms with Gasteiger partial charge in [-0.1, -0.05) is 48.0 Å². The normalized spacial score (nSPS) is 12.1. The van der Waals surface area contributed by atoms with Gasteiger partial charge in [0.05, 0.1) is 21.2 Å². The number of rotatable bonds is 6. The Hall–Kier alpha value is -4.02. The Morgan fingerprint density at radius 2 is 1.55 bits per heavy atom. The first-order chi connectivity index (χ1) is 18.0. The van der Waals surface area contributed by atoms with E-state index in [1.807, 2.05) is 18.2 Å². The first-order valence-electron chi connectivity index (χ1n) is 11.2. The summed E-state index contributed by atoms with van der Waals surface area (Å²) in [7, 11) is -4.48. The van der Waals surface area contributed by atoms with Crippen LogP contribution in [0.4, 0.5) is 24.5 Å². The molecule has 0 unspecified atom stereocenters. The average Bonchev–Trinajstić information content (AvgIpc) is 3.25. The first kappa shape index (κ1) is 25.6. The summed E-state index contributed by atoms with van der Waals surface area (Å²) in [4.78, 5) is 12.8. The molecule has 194 valence electrons. The Bertz CT molecular complexity index is 1770. The Kier molecular flexibility index (Phi) is 6.54. The molecule has 0 aliphatic carbocycles. The quantitative estimate of drug-likeness (QED) is 0.241. The molecule has 4 aromatic carbocycles. The molecule has 1 N–H and O–H groups in total. The van der Waals surface area contributed by atoms with Gasteiger partial charge in [0.1, 0.15) is 17.7 Å². The molecular formula is C27H18ClF3N2O4S. The topological polar surface area (TPSA) is 79.6 Å². The van der Waals surface area contributed by atoms with Gasteiger partial charge in [0.15, 0.2) is 0 Å². The zero-order chi connectivity index (χ0) is 27.1. The molecule has 0 saturated carbocycles. The number of nitrogens with one attached hydrogen (secondary N) is 1. The van der Waals surface area contributed by atoms with Gasteiger partial charge in [0.25, 0.3) is 10.0 Å². The second-order valence-electron chi connectivity index (χ2n) is 8.35. The van der Waals surface area contributed by atoms with Crippen LogP contribution in [0.5, 0.6) is 0 Å². The number of para-hydroxylation sites is 1. The van der Waals surface area contributed by atoms with Crippen LogP contribution >= 0.6 is 11.6 Å². The lowest BCUT2D eigenvalue weighted by Crippen LogP contribution is -2.38. The van der Waals surface area contributed by atoms with Crippen LogP contribution in [0.2, 0.25) is 5.02 Å². The van der Waals surface area contributed by atoms with E-state index in [1.54, 1.807) is 30.3 Å². The summed E-state index contributed by atoms with van der Waals surface area (Å²) in [6.45, 7) is -0.837. The van der Waals surface area contributed by atoms with E-state index >= 15 is 0 Å². The van der Waals surface area contributed by atoms with Crippen molar-refractivity contribution in [3.05, 3.63) is 102 Å². The van der Waals surface area contributed by atoms with E-state index < -0.39 is 39.9 Å². The molecule has 5 aromatic rings. The number of nitrogens with zero attached hydrogens (tertiary/aromatic N) is 1. The molecule has 0 fully saturated rings. The number of benzene rings is 4. The molecule has 0 atom stereocenters. The van der Waals surface area contributed by atoms with E-state index in [2.05, 4.69) is 5.32 Å². The third-order valence-corrected chi connectivity index (χ3v) is 7.92. The molecule has 0 saturated heterocycles. The van der Waals surface area contributed by atoms with Gasteiger partial charge >= 0.3 is 6.18 Å². The fourth-order valence-corrected chi connectivity index (χ4v) is 5.76. The molecule has 38 heavy (non-hydrogen) atoms. The smallest absolute Gasteiger partial charge is 0.416 e. The summed E-state index contributed by atoms with van der Waals surface area (Å²) >= 11 is 6.16. The average molecular weight is 559 g/mol. The highest BCUT2D eigenvalue weighted by Gasteiger charge is 2.34. The second kappa shape index (κ2) is 9.70. The van der Waals surface area contributed by atoms with Gasteiger partial charge in [-0.05, 0) is 48.5 Å². The van der Waals surface area contributed by atoms with Crippen LogP contribution < -0.4 is 9.62 Å². The summed E-state index contributed by atoms with van der Waals surface area (Å²) < 4.78 is 73.7. The van der Waals surface area contributed by atoms with Crippen LogP contribution in [0, 0.1) is 0 Å². The number of hydrogen-bond acceptors (Lipinski definition) is 4. The van der Waals surface area contributed by atoms with Gasteiger partial charge in [-0.15, -0.1) is 0 Å². The first-order valence-corrected chi connectivity index (χ1v) is 13.0. The van der Waals surface area contributed by atoms with E-state index in [0.29, 0.717) is 27.2 Å². The molecule has 1 heterocycles. The van der Waals surface area contributed by atoms with Gasteiger partial charge in [0, 0.05) is 22.5 Å². The zero-order valence-corrected chi connectivity index (χ0v) is 20.9. The zero-order valence-electron chi connectivity index (χ0n) is 19.4. The van der Waals surface area contributed by atoms with Crippen LogP contribution in [0.25, 0.3) is 21.9 Å². The van der Waals surface area contributed by atoms with Crippen molar-refractivity contribution >= 4 is 60.8 Å². The number of amides is 1. The SMILES string of the molecule is O=C(CN(c1cc(C(F)(F)F)ccc1Cl)S(=O)(=O)c1ccccc1)Nc1ccc2c(c1)oc1ccccc12. The standard InChI is InChI=1S/C27H18ClF3N2O4S/c28-22-13-10-17(27(29,30)31)14-23(22)33(38(35,36)19-6-2-1-3-7-19)16-26(34)32-18-11-12-21-20-8-4-5-9-24(20)37-25(21)15-18/h1-15H,16H2,(H,32,34). The number of alkyl halides is 3. The minimum Gasteiger partial charge on any atom is -0.456 e. The molecule has 0 radical (unpaired) electrons. The van der Waals surface area contributed by atoms with Crippen molar-refractivity contribution < 1.29 is 30.8 Å². The predicted octanol–water partition coefficient (Wildman–Crippen LogP) is 7.09. The van der Waals surface area contributed by atoms with E-state index in [4.69, 9.17) is 16.0 Å². The third kappa shape index (κ3) is 4.92. The maximum atomic E-state index is 13.5. The van der Waals surface area contributed by atoms with Gasteiger partial charge in [0.2, 0.25) is 5.91 Å². The largest absolute Gasteiger partial charge is 0.456 e. The Labute approximate surface area is 220 Å². The van der Waals surface area contributed by atoms with Crippen LogP contribution in [-0.4, -0.2) is 20.9 Å². The second-order valence-corrected chi connectivity index (χ2v) is 10.6. The molecule has 1 aromatic heterocycles.